The highest BCUT2D eigenvalue weighted by molar-refractivity contribution is 6.01. The summed E-state index contributed by atoms with van der Waals surface area (Å²) in [5.41, 5.74) is 5.16. The van der Waals surface area contributed by atoms with Gasteiger partial charge in [-0.15, -0.1) is 0 Å². The van der Waals surface area contributed by atoms with Gasteiger partial charge in [-0.3, -0.25) is 33.6 Å². The van der Waals surface area contributed by atoms with Crippen molar-refractivity contribution < 1.29 is 58.4 Å². The molecule has 0 aromatic heterocycles. The van der Waals surface area contributed by atoms with E-state index in [1.165, 1.54) is 6.92 Å². The number of amides is 4. The second kappa shape index (κ2) is 18.0. The van der Waals surface area contributed by atoms with Crippen LogP contribution in [0.5, 0.6) is 0 Å². The number of allylic oxidation sites excluding steroid dienone is 4. The maximum Gasteiger partial charge on any atom is 0.303 e. The fourth-order valence-corrected chi connectivity index (χ4v) is 13.8. The second-order valence-electron chi connectivity index (χ2n) is 20.9. The highest BCUT2D eigenvalue weighted by Gasteiger charge is 2.76. The number of aliphatic hydroxyl groups is 2. The molecule has 1 aromatic rings. The van der Waals surface area contributed by atoms with E-state index in [2.05, 4.69) is 28.2 Å². The van der Waals surface area contributed by atoms with Gasteiger partial charge in [-0.05, 0) is 119 Å². The van der Waals surface area contributed by atoms with Crippen LogP contribution in [0.15, 0.2) is 48.1 Å². The predicted molar refractivity (Wildman–Crippen MR) is 237 cm³/mol. The summed E-state index contributed by atoms with van der Waals surface area (Å²) < 4.78 is 13.4. The zero-order chi connectivity index (χ0) is 47.4. The van der Waals surface area contributed by atoms with Gasteiger partial charge in [-0.25, -0.2) is 0 Å². The molecule has 11 atom stereocenters. The first-order chi connectivity index (χ1) is 31.3. The van der Waals surface area contributed by atoms with Crippen LogP contribution in [0.4, 0.5) is 0 Å². The van der Waals surface area contributed by atoms with Crippen LogP contribution >= 0.6 is 0 Å². The van der Waals surface area contributed by atoms with E-state index in [-0.39, 0.29) is 41.8 Å². The Morgan fingerprint density at radius 1 is 0.970 bits per heavy atom. The highest BCUT2D eigenvalue weighted by Crippen LogP contribution is 2.71. The SMILES string of the molecule is CC(=O)N[C@@H](CCCCN)C(=O)NCC(=O)N[C@@H](CCC(=O)O)C(=O)NC12CC(Cc3ccc([C@@H]4O[C@@H]5C[C@H]6[C@@H]7CCC8=CC(=O)C=C[C@]8(C)[C@H]7[C@@H](O)C[C@]6(C)[C@]5(C(=O)CO)O4)cc3)(C1)C2. The summed E-state index contributed by atoms with van der Waals surface area (Å²) in [6.07, 6.45) is 9.32. The molecule has 1 aliphatic heterocycles. The fraction of sp³-hybridized carbons (Fsp3) is 0.653. The highest BCUT2D eigenvalue weighted by atomic mass is 16.7. The van der Waals surface area contributed by atoms with Crippen LogP contribution in [-0.2, 0) is 49.5 Å². The van der Waals surface area contributed by atoms with E-state index in [1.54, 1.807) is 12.2 Å². The van der Waals surface area contributed by atoms with Crippen molar-refractivity contribution in [3.8, 4) is 0 Å². The number of hydrogen-bond acceptors (Lipinski definition) is 12. The van der Waals surface area contributed by atoms with Gasteiger partial charge >= 0.3 is 5.97 Å². The number of rotatable bonds is 19. The summed E-state index contributed by atoms with van der Waals surface area (Å²) in [5.74, 6) is -3.81. The molecule has 1 saturated heterocycles. The molecule has 2 bridgehead atoms. The number of unbranched alkanes of at least 4 members (excludes halogenated alkanes) is 1. The standard InChI is InChI=1S/C49H65N5O12/c1-27(56)52-34(6-4-5-17-50)42(63)51-22-39(60)53-35(13-14-40(61)62)43(64)54-48-24-47(25-48,26-48)20-28-7-9-29(10-8-28)44-65-38-19-33-32-12-11-30-18-31(57)15-16-45(30,2)41(32)36(58)21-46(33,3)49(38,66-44)37(59)23-55/h7-10,15-16,18,32-36,38,41,44,55,58H,4-6,11-14,17,19-26,50H2,1-3H3,(H,51,63)(H,52,56)(H,53,60)(H,54,64)(H,61,62)/t32-,33-,34-,35-,36-,38+,41+,44+,45-,46-,47?,48?,49+/m0/s1. The Bertz CT molecular complexity index is 2190. The number of aliphatic carboxylic acids is 1. The predicted octanol–water partition coefficient (Wildman–Crippen LogP) is 1.97. The van der Waals surface area contributed by atoms with Crippen LogP contribution in [-0.4, -0.2) is 112 Å². The van der Waals surface area contributed by atoms with Crippen LogP contribution < -0.4 is 27.0 Å². The number of ether oxygens (including phenoxy) is 2. The van der Waals surface area contributed by atoms with Crippen molar-refractivity contribution in [2.24, 2.45) is 39.7 Å². The number of ketones is 2. The van der Waals surface area contributed by atoms with E-state index < -0.39 is 101 Å². The molecule has 7 aliphatic carbocycles. The quantitative estimate of drug-likeness (QED) is 0.0924. The first kappa shape index (κ1) is 47.7. The van der Waals surface area contributed by atoms with Crippen LogP contribution in [0.1, 0.15) is 115 Å². The molecule has 6 saturated carbocycles. The number of carboxylic acid groups (broad SMARTS) is 1. The molecule has 17 heteroatoms. The average Bonchev–Trinajstić information content (AvgIpc) is 3.75. The normalized spacial score (nSPS) is 36.4. The lowest BCUT2D eigenvalue weighted by Gasteiger charge is -2.71. The lowest BCUT2D eigenvalue weighted by molar-refractivity contribution is -0.201. The molecule has 0 spiro atoms. The van der Waals surface area contributed by atoms with Gasteiger partial charge in [-0.1, -0.05) is 49.8 Å². The molecular formula is C49H65N5O12. The molecule has 17 nitrogen and oxygen atoms in total. The zero-order valence-electron chi connectivity index (χ0n) is 38.1. The Kier molecular flexibility index (Phi) is 13.0. The maximum absolute atomic E-state index is 14.0. The molecule has 7 fully saturated rings. The van der Waals surface area contributed by atoms with Gasteiger partial charge in [0.05, 0.1) is 18.8 Å². The average molecular weight is 916 g/mol. The number of fused-ring (bicyclic) bond motifs is 7. The van der Waals surface area contributed by atoms with Gasteiger partial charge < -0.3 is 51.8 Å². The Labute approximate surface area is 384 Å². The first-order valence-corrected chi connectivity index (χ1v) is 23.6. The second-order valence-corrected chi connectivity index (χ2v) is 20.9. The minimum Gasteiger partial charge on any atom is -0.481 e. The third-order valence-corrected chi connectivity index (χ3v) is 16.5. The lowest BCUT2D eigenvalue weighted by atomic mass is 9.38. The van der Waals surface area contributed by atoms with Crippen LogP contribution in [0.25, 0.3) is 0 Å². The molecule has 358 valence electrons. The maximum atomic E-state index is 14.0. The van der Waals surface area contributed by atoms with Crippen molar-refractivity contribution in [2.45, 2.75) is 146 Å². The number of aliphatic hydroxyl groups excluding tert-OH is 2. The topological polar surface area (TPSA) is 273 Å². The third-order valence-electron chi connectivity index (χ3n) is 16.5. The first-order valence-electron chi connectivity index (χ1n) is 23.6. The number of Topliss-reactive ketones (excluding diaryl/α,β-unsaturated/α-hetero) is 1. The van der Waals surface area contributed by atoms with Crippen molar-refractivity contribution >= 4 is 41.2 Å². The van der Waals surface area contributed by atoms with E-state index >= 15 is 0 Å². The fourth-order valence-electron chi connectivity index (χ4n) is 13.8. The molecule has 1 aromatic carbocycles. The van der Waals surface area contributed by atoms with E-state index in [1.807, 2.05) is 37.3 Å². The Hall–Kier alpha value is -4.81. The Morgan fingerprint density at radius 2 is 1.68 bits per heavy atom. The number of benzene rings is 1. The molecule has 4 amide bonds. The number of hydrogen-bond donors (Lipinski definition) is 8. The smallest absolute Gasteiger partial charge is 0.303 e. The monoisotopic (exact) mass is 915 g/mol. The molecule has 0 radical (unpaired) electrons. The zero-order valence-corrected chi connectivity index (χ0v) is 38.1. The summed E-state index contributed by atoms with van der Waals surface area (Å²) in [4.78, 5) is 88.6. The minimum absolute atomic E-state index is 0.0120. The molecule has 9 rings (SSSR count). The van der Waals surface area contributed by atoms with Gasteiger partial charge in [0.1, 0.15) is 18.7 Å². The molecule has 1 heterocycles. The number of nitrogens with two attached hydrogens (primary N) is 1. The van der Waals surface area contributed by atoms with Crippen molar-refractivity contribution in [3.63, 3.8) is 0 Å². The van der Waals surface area contributed by atoms with Gasteiger partial charge in [0.15, 0.2) is 23.5 Å². The van der Waals surface area contributed by atoms with Gasteiger partial charge in [0.25, 0.3) is 0 Å². The van der Waals surface area contributed by atoms with E-state index in [9.17, 15) is 48.9 Å². The number of carboxylic acids is 1. The molecule has 8 aliphatic rings. The molecular weight excluding hydrogens is 851 g/mol. The van der Waals surface area contributed by atoms with E-state index in [0.717, 1.165) is 36.0 Å². The van der Waals surface area contributed by atoms with Gasteiger partial charge in [-0.2, -0.15) is 0 Å². The van der Waals surface area contributed by atoms with E-state index in [4.69, 9.17) is 15.2 Å². The van der Waals surface area contributed by atoms with Crippen molar-refractivity contribution in [2.75, 3.05) is 19.7 Å². The minimum atomic E-state index is -1.45. The summed E-state index contributed by atoms with van der Waals surface area (Å²) in [5, 5.41) is 42.4. The Balaban J connectivity index is 0.860. The lowest BCUT2D eigenvalue weighted by Crippen LogP contribution is -2.76. The number of nitrogens with one attached hydrogen (secondary N) is 4. The van der Waals surface area contributed by atoms with Crippen LogP contribution in [0.3, 0.4) is 0 Å². The molecule has 0 unspecified atom stereocenters. The summed E-state index contributed by atoms with van der Waals surface area (Å²) in [6, 6.07) is 5.88. The molecule has 9 N–H and O–H groups in total. The van der Waals surface area contributed by atoms with Crippen molar-refractivity contribution in [3.05, 3.63) is 59.2 Å². The molecule has 66 heavy (non-hydrogen) atoms. The summed E-state index contributed by atoms with van der Waals surface area (Å²) >= 11 is 0. The third kappa shape index (κ3) is 8.43. The van der Waals surface area contributed by atoms with Gasteiger partial charge in [0.2, 0.25) is 23.6 Å². The van der Waals surface area contributed by atoms with Gasteiger partial charge in [0, 0.05) is 41.2 Å². The van der Waals surface area contributed by atoms with Crippen molar-refractivity contribution in [1.82, 2.24) is 21.3 Å². The summed E-state index contributed by atoms with van der Waals surface area (Å²) in [7, 11) is 0. The summed E-state index contributed by atoms with van der Waals surface area (Å²) in [6.45, 7) is 4.65. The van der Waals surface area contributed by atoms with Crippen molar-refractivity contribution in [1.29, 1.82) is 0 Å². The largest absolute Gasteiger partial charge is 0.481 e. The van der Waals surface area contributed by atoms with E-state index in [0.29, 0.717) is 57.9 Å². The number of carbonyl (C=O) groups excluding carboxylic acids is 6. The Morgan fingerprint density at radius 3 is 2.35 bits per heavy atom. The van der Waals surface area contributed by atoms with Crippen LogP contribution in [0.2, 0.25) is 0 Å². The number of carbonyl (C=O) groups is 7. The van der Waals surface area contributed by atoms with Crippen LogP contribution in [0, 0.1) is 34.0 Å².